The Hall–Kier alpha value is -2.33. The number of aliphatic hydroxyl groups excluding tert-OH is 1. The first-order valence-corrected chi connectivity index (χ1v) is 7.33. The first kappa shape index (κ1) is 16.0. The average molecular weight is 299 g/mol. The van der Waals surface area contributed by atoms with Gasteiger partial charge < -0.3 is 15.2 Å². The Balaban J connectivity index is 1.88. The van der Waals surface area contributed by atoms with Crippen LogP contribution in [0.3, 0.4) is 0 Å². The van der Waals surface area contributed by atoms with Crippen molar-refractivity contribution in [2.24, 2.45) is 5.92 Å². The summed E-state index contributed by atoms with van der Waals surface area (Å²) in [6.07, 6.45) is -0.665. The molecule has 2 aromatic carbocycles. The zero-order valence-electron chi connectivity index (χ0n) is 12.8. The minimum Gasteiger partial charge on any atom is -0.491 e. The molecule has 1 amide bonds. The summed E-state index contributed by atoms with van der Waals surface area (Å²) in [5, 5.41) is 12.8. The molecular weight excluding hydrogens is 278 g/mol. The molecule has 0 aliphatic heterocycles. The third-order valence-corrected chi connectivity index (χ3v) is 3.24. The van der Waals surface area contributed by atoms with E-state index in [0.29, 0.717) is 5.75 Å². The average Bonchev–Trinajstić information content (AvgIpc) is 2.54. The normalized spacial score (nSPS) is 12.0. The maximum Gasteiger partial charge on any atom is 0.226 e. The molecule has 0 unspecified atom stereocenters. The molecule has 116 valence electrons. The number of nitrogens with one attached hydrogen (secondary N) is 1. The molecule has 2 rings (SSSR count). The second kappa shape index (κ2) is 7.61. The van der Waals surface area contributed by atoms with E-state index < -0.39 is 6.10 Å². The van der Waals surface area contributed by atoms with Crippen molar-refractivity contribution in [2.45, 2.75) is 20.0 Å². The summed E-state index contributed by atoms with van der Waals surface area (Å²) in [7, 11) is 0. The number of aliphatic hydroxyl groups is 1. The Labute approximate surface area is 130 Å². The van der Waals surface area contributed by atoms with E-state index in [9.17, 15) is 9.90 Å². The molecule has 0 fully saturated rings. The number of carbonyl (C=O) groups excluding carboxylic acids is 1. The number of rotatable bonds is 6. The number of hydrogen-bond donors (Lipinski definition) is 2. The van der Waals surface area contributed by atoms with Crippen molar-refractivity contribution in [3.8, 4) is 5.75 Å². The van der Waals surface area contributed by atoms with Crippen LogP contribution in [0.2, 0.25) is 0 Å². The van der Waals surface area contributed by atoms with E-state index in [4.69, 9.17) is 4.74 Å². The molecule has 1 atom stereocenters. The van der Waals surface area contributed by atoms with Gasteiger partial charge in [-0.2, -0.15) is 0 Å². The molecule has 0 bridgehead atoms. The molecule has 2 aromatic rings. The molecule has 0 radical (unpaired) electrons. The van der Waals surface area contributed by atoms with Crippen LogP contribution in [0.1, 0.15) is 25.5 Å². The molecule has 22 heavy (non-hydrogen) atoms. The number of carbonyl (C=O) groups is 1. The second-order valence-corrected chi connectivity index (χ2v) is 5.41. The minimum absolute atomic E-state index is 0.0202. The van der Waals surface area contributed by atoms with Gasteiger partial charge >= 0.3 is 0 Å². The summed E-state index contributed by atoms with van der Waals surface area (Å²) in [6.45, 7) is 3.87. The topological polar surface area (TPSA) is 58.6 Å². The standard InChI is InChI=1S/C18H21NO3/c1-13(2)18(21)19-15-8-10-16(11-9-15)22-12-17(20)14-6-4-3-5-7-14/h3-11,13,17,20H,12H2,1-2H3,(H,19,21)/t17-/m1/s1. The van der Waals surface area contributed by atoms with Crippen molar-refractivity contribution < 1.29 is 14.6 Å². The molecule has 0 aliphatic carbocycles. The van der Waals surface area contributed by atoms with Gasteiger partial charge in [-0.25, -0.2) is 0 Å². The maximum atomic E-state index is 11.6. The monoisotopic (exact) mass is 299 g/mol. The number of amides is 1. The van der Waals surface area contributed by atoms with Crippen molar-refractivity contribution in [3.05, 3.63) is 60.2 Å². The fourth-order valence-electron chi connectivity index (χ4n) is 1.87. The molecule has 0 saturated carbocycles. The highest BCUT2D eigenvalue weighted by molar-refractivity contribution is 5.92. The van der Waals surface area contributed by atoms with Gasteiger partial charge in [-0.15, -0.1) is 0 Å². The third-order valence-electron chi connectivity index (χ3n) is 3.24. The summed E-state index contributed by atoms with van der Waals surface area (Å²) in [4.78, 5) is 11.6. The van der Waals surface area contributed by atoms with Crippen LogP contribution in [-0.4, -0.2) is 17.6 Å². The predicted molar refractivity (Wildman–Crippen MR) is 86.8 cm³/mol. The second-order valence-electron chi connectivity index (χ2n) is 5.41. The van der Waals surface area contributed by atoms with Crippen LogP contribution in [0, 0.1) is 5.92 Å². The van der Waals surface area contributed by atoms with E-state index in [1.54, 1.807) is 24.3 Å². The van der Waals surface area contributed by atoms with Gasteiger partial charge in [0.25, 0.3) is 0 Å². The maximum absolute atomic E-state index is 11.6. The third kappa shape index (κ3) is 4.60. The van der Waals surface area contributed by atoms with E-state index in [1.807, 2.05) is 44.2 Å². The number of ether oxygens (including phenoxy) is 1. The van der Waals surface area contributed by atoms with Gasteiger partial charge in [0.1, 0.15) is 18.5 Å². The summed E-state index contributed by atoms with van der Waals surface area (Å²) < 4.78 is 5.57. The van der Waals surface area contributed by atoms with E-state index in [-0.39, 0.29) is 18.4 Å². The van der Waals surface area contributed by atoms with Crippen LogP contribution < -0.4 is 10.1 Å². The van der Waals surface area contributed by atoms with Crippen LogP contribution in [0.15, 0.2) is 54.6 Å². The van der Waals surface area contributed by atoms with Crippen LogP contribution >= 0.6 is 0 Å². The number of hydrogen-bond acceptors (Lipinski definition) is 3. The van der Waals surface area contributed by atoms with Gasteiger partial charge in [-0.1, -0.05) is 44.2 Å². The molecule has 0 aromatic heterocycles. The van der Waals surface area contributed by atoms with Crippen LogP contribution in [0.4, 0.5) is 5.69 Å². The molecule has 0 heterocycles. The smallest absolute Gasteiger partial charge is 0.226 e. The Bertz CT molecular complexity index is 593. The molecule has 2 N–H and O–H groups in total. The van der Waals surface area contributed by atoms with Gasteiger partial charge in [0.15, 0.2) is 0 Å². The van der Waals surface area contributed by atoms with E-state index in [1.165, 1.54) is 0 Å². The molecule has 0 aliphatic rings. The fraction of sp³-hybridized carbons (Fsp3) is 0.278. The first-order chi connectivity index (χ1) is 10.6. The first-order valence-electron chi connectivity index (χ1n) is 7.33. The van der Waals surface area contributed by atoms with Crippen molar-refractivity contribution in [1.82, 2.24) is 0 Å². The largest absolute Gasteiger partial charge is 0.491 e. The van der Waals surface area contributed by atoms with Crippen molar-refractivity contribution in [3.63, 3.8) is 0 Å². The van der Waals surface area contributed by atoms with Gasteiger partial charge in [-0.05, 0) is 29.8 Å². The highest BCUT2D eigenvalue weighted by Gasteiger charge is 2.09. The van der Waals surface area contributed by atoms with Crippen molar-refractivity contribution in [1.29, 1.82) is 0 Å². The predicted octanol–water partition coefficient (Wildman–Crippen LogP) is 3.39. The Kier molecular flexibility index (Phi) is 5.55. The van der Waals surface area contributed by atoms with Gasteiger partial charge in [0.2, 0.25) is 5.91 Å². The zero-order valence-corrected chi connectivity index (χ0v) is 12.8. The quantitative estimate of drug-likeness (QED) is 0.859. The number of benzene rings is 2. The van der Waals surface area contributed by atoms with Gasteiger partial charge in [-0.3, -0.25) is 4.79 Å². The number of anilines is 1. The lowest BCUT2D eigenvalue weighted by molar-refractivity contribution is -0.118. The lowest BCUT2D eigenvalue weighted by Crippen LogP contribution is -2.17. The SMILES string of the molecule is CC(C)C(=O)Nc1ccc(OC[C@@H](O)c2ccccc2)cc1. The lowest BCUT2D eigenvalue weighted by Gasteiger charge is -2.13. The fourth-order valence-corrected chi connectivity index (χ4v) is 1.87. The summed E-state index contributed by atoms with van der Waals surface area (Å²) in [6, 6.07) is 16.5. The molecule has 4 heteroatoms. The van der Waals surface area contributed by atoms with Crippen LogP contribution in [-0.2, 0) is 4.79 Å². The minimum atomic E-state index is -0.665. The van der Waals surface area contributed by atoms with Gasteiger partial charge in [0, 0.05) is 11.6 Å². The highest BCUT2D eigenvalue weighted by atomic mass is 16.5. The van der Waals surface area contributed by atoms with E-state index >= 15 is 0 Å². The lowest BCUT2D eigenvalue weighted by atomic mass is 10.1. The molecule has 0 spiro atoms. The summed E-state index contributed by atoms with van der Waals surface area (Å²) in [5.74, 6) is 0.572. The zero-order chi connectivity index (χ0) is 15.9. The van der Waals surface area contributed by atoms with Crippen LogP contribution in [0.5, 0.6) is 5.75 Å². The van der Waals surface area contributed by atoms with Crippen molar-refractivity contribution in [2.75, 3.05) is 11.9 Å². The van der Waals surface area contributed by atoms with Gasteiger partial charge in [0.05, 0.1) is 0 Å². The molecule has 0 saturated heterocycles. The van der Waals surface area contributed by atoms with Crippen LogP contribution in [0.25, 0.3) is 0 Å². The van der Waals surface area contributed by atoms with E-state index in [2.05, 4.69) is 5.32 Å². The Morgan fingerprint density at radius 3 is 2.32 bits per heavy atom. The summed E-state index contributed by atoms with van der Waals surface area (Å²) in [5.41, 5.74) is 1.55. The van der Waals surface area contributed by atoms with Crippen molar-refractivity contribution >= 4 is 11.6 Å². The Morgan fingerprint density at radius 1 is 1.09 bits per heavy atom. The summed E-state index contributed by atoms with van der Waals surface area (Å²) >= 11 is 0. The highest BCUT2D eigenvalue weighted by Crippen LogP contribution is 2.19. The Morgan fingerprint density at radius 2 is 1.73 bits per heavy atom. The molecular formula is C18H21NO3. The van der Waals surface area contributed by atoms with E-state index in [0.717, 1.165) is 11.3 Å². The molecule has 4 nitrogen and oxygen atoms in total.